The summed E-state index contributed by atoms with van der Waals surface area (Å²) in [6.45, 7) is 1.67. The van der Waals surface area contributed by atoms with Crippen LogP contribution in [0, 0.1) is 11.8 Å². The number of carbonyl (C=O) groups excluding carboxylic acids is 1. The Hall–Kier alpha value is -3.88. The third-order valence-electron chi connectivity index (χ3n) is 7.93. The van der Waals surface area contributed by atoms with Crippen molar-refractivity contribution in [2.24, 2.45) is 11.8 Å². The zero-order valence-electron chi connectivity index (χ0n) is 20.7. The predicted molar refractivity (Wildman–Crippen MR) is 138 cm³/mol. The maximum atomic E-state index is 13.7. The number of fused-ring (bicyclic) bond motifs is 1. The van der Waals surface area contributed by atoms with Crippen molar-refractivity contribution in [3.8, 4) is 22.8 Å². The zero-order chi connectivity index (χ0) is 25.5. The molecule has 0 unspecified atom stereocenters. The van der Waals surface area contributed by atoms with Gasteiger partial charge in [0.2, 0.25) is 0 Å². The van der Waals surface area contributed by atoms with Gasteiger partial charge in [-0.15, -0.1) is 0 Å². The minimum absolute atomic E-state index is 0.195. The van der Waals surface area contributed by atoms with E-state index in [1.54, 1.807) is 23.4 Å². The van der Waals surface area contributed by atoms with Crippen molar-refractivity contribution in [2.45, 2.75) is 45.1 Å². The molecule has 0 spiro atoms. The first-order chi connectivity index (χ1) is 18.0. The highest BCUT2D eigenvalue weighted by atomic mass is 19.1. The Kier molecular flexibility index (Phi) is 6.06. The molecular formula is C28H29FN6O2. The van der Waals surface area contributed by atoms with Crippen LogP contribution in [0.3, 0.4) is 0 Å². The van der Waals surface area contributed by atoms with Crippen LogP contribution in [0.4, 0.5) is 4.39 Å². The standard InChI is InChI=1S/C28H29FN6O2/c1-17-21(15-29)16-34(17)28(37)24-25(26-30-11-4-12-31-26)33-35-23(36)14-22(32-27(24)35)20-9-7-19(8-10-20)13-18-5-2-3-6-18/h4,7-12,14,17-18,21,33H,2-3,5-6,13,15-16H2,1H3/t17-,21-/m0/s1. The summed E-state index contributed by atoms with van der Waals surface area (Å²) in [4.78, 5) is 41.8. The Morgan fingerprint density at radius 2 is 1.86 bits per heavy atom. The fourth-order valence-corrected chi connectivity index (χ4v) is 5.61. The second-order valence-corrected chi connectivity index (χ2v) is 10.2. The van der Waals surface area contributed by atoms with E-state index in [1.807, 2.05) is 19.1 Å². The molecule has 1 amide bonds. The molecular weight excluding hydrogens is 471 g/mol. The lowest BCUT2D eigenvalue weighted by atomic mass is 9.90. The monoisotopic (exact) mass is 500 g/mol. The van der Waals surface area contributed by atoms with Crippen molar-refractivity contribution in [1.29, 1.82) is 0 Å². The van der Waals surface area contributed by atoms with Crippen molar-refractivity contribution in [3.63, 3.8) is 0 Å². The molecule has 0 bridgehead atoms. The molecule has 2 fully saturated rings. The lowest BCUT2D eigenvalue weighted by molar-refractivity contribution is 0.0142. The van der Waals surface area contributed by atoms with E-state index >= 15 is 0 Å². The molecule has 37 heavy (non-hydrogen) atoms. The van der Waals surface area contributed by atoms with Gasteiger partial charge in [-0.3, -0.25) is 19.1 Å². The molecule has 8 nitrogen and oxygen atoms in total. The summed E-state index contributed by atoms with van der Waals surface area (Å²) in [5.41, 5.74) is 2.97. The minimum atomic E-state index is -0.480. The Bertz CT molecular complexity index is 1490. The van der Waals surface area contributed by atoms with Crippen LogP contribution in [-0.4, -0.2) is 54.6 Å². The number of hydrogen-bond acceptors (Lipinski definition) is 5. The number of benzene rings is 1. The third-order valence-corrected chi connectivity index (χ3v) is 7.93. The second kappa shape index (κ2) is 9.53. The summed E-state index contributed by atoms with van der Waals surface area (Å²) in [5.74, 6) is 0.510. The third kappa shape index (κ3) is 4.22. The smallest absolute Gasteiger partial charge is 0.273 e. The van der Waals surface area contributed by atoms with Crippen LogP contribution in [0.1, 0.15) is 48.5 Å². The van der Waals surface area contributed by atoms with E-state index in [-0.39, 0.29) is 40.5 Å². The lowest BCUT2D eigenvalue weighted by Gasteiger charge is -2.45. The molecule has 6 rings (SSSR count). The van der Waals surface area contributed by atoms with E-state index in [0.29, 0.717) is 17.9 Å². The number of halogens is 1. The van der Waals surface area contributed by atoms with Crippen LogP contribution < -0.4 is 5.56 Å². The molecule has 1 aromatic carbocycles. The number of hydrogen-bond donors (Lipinski definition) is 1. The fraction of sp³-hybridized carbons (Fsp3) is 0.393. The van der Waals surface area contributed by atoms with Gasteiger partial charge in [-0.05, 0) is 30.9 Å². The van der Waals surface area contributed by atoms with Crippen molar-refractivity contribution < 1.29 is 9.18 Å². The van der Waals surface area contributed by atoms with E-state index in [2.05, 4.69) is 27.2 Å². The van der Waals surface area contributed by atoms with Gasteiger partial charge in [0.15, 0.2) is 11.5 Å². The van der Waals surface area contributed by atoms with E-state index in [0.717, 1.165) is 17.9 Å². The highest BCUT2D eigenvalue weighted by Crippen LogP contribution is 2.32. The fourth-order valence-electron chi connectivity index (χ4n) is 5.61. The Morgan fingerprint density at radius 1 is 1.14 bits per heavy atom. The minimum Gasteiger partial charge on any atom is -0.335 e. The van der Waals surface area contributed by atoms with Gasteiger partial charge in [0.1, 0.15) is 11.3 Å². The maximum absolute atomic E-state index is 13.7. The predicted octanol–water partition coefficient (Wildman–Crippen LogP) is 4.31. The number of amides is 1. The van der Waals surface area contributed by atoms with Crippen LogP contribution >= 0.6 is 0 Å². The number of aromatic nitrogens is 5. The van der Waals surface area contributed by atoms with Gasteiger partial charge in [0.05, 0.1) is 12.4 Å². The molecule has 1 N–H and O–H groups in total. The molecule has 3 aromatic heterocycles. The molecule has 4 heterocycles. The number of carbonyl (C=O) groups is 1. The Balaban J connectivity index is 1.42. The van der Waals surface area contributed by atoms with Crippen molar-refractivity contribution in [3.05, 3.63) is 70.3 Å². The first-order valence-corrected chi connectivity index (χ1v) is 12.9. The van der Waals surface area contributed by atoms with E-state index in [4.69, 9.17) is 4.98 Å². The van der Waals surface area contributed by atoms with Crippen LogP contribution in [-0.2, 0) is 6.42 Å². The molecule has 2 atom stereocenters. The van der Waals surface area contributed by atoms with Gasteiger partial charge in [-0.1, -0.05) is 49.9 Å². The van der Waals surface area contributed by atoms with E-state index in [9.17, 15) is 14.0 Å². The molecule has 1 saturated carbocycles. The molecule has 4 aromatic rings. The highest BCUT2D eigenvalue weighted by Gasteiger charge is 2.41. The number of nitrogens with one attached hydrogen (secondary N) is 1. The van der Waals surface area contributed by atoms with Crippen molar-refractivity contribution in [1.82, 2.24) is 29.5 Å². The average molecular weight is 501 g/mol. The summed E-state index contributed by atoms with van der Waals surface area (Å²) < 4.78 is 14.5. The molecule has 2 aliphatic rings. The Morgan fingerprint density at radius 3 is 2.54 bits per heavy atom. The summed E-state index contributed by atoms with van der Waals surface area (Å²) in [6.07, 6.45) is 9.42. The molecule has 1 aliphatic heterocycles. The molecule has 1 aliphatic carbocycles. The summed E-state index contributed by atoms with van der Waals surface area (Å²) in [6, 6.07) is 11.1. The largest absolute Gasteiger partial charge is 0.335 e. The van der Waals surface area contributed by atoms with E-state index in [1.165, 1.54) is 41.8 Å². The van der Waals surface area contributed by atoms with Gasteiger partial charge in [-0.25, -0.2) is 19.5 Å². The highest BCUT2D eigenvalue weighted by molar-refractivity contribution is 6.05. The van der Waals surface area contributed by atoms with Crippen LogP contribution in [0.2, 0.25) is 0 Å². The second-order valence-electron chi connectivity index (χ2n) is 10.2. The quantitative estimate of drug-likeness (QED) is 0.426. The van der Waals surface area contributed by atoms with Gasteiger partial charge in [-0.2, -0.15) is 0 Å². The van der Waals surface area contributed by atoms with E-state index < -0.39 is 6.67 Å². The summed E-state index contributed by atoms with van der Waals surface area (Å²) in [7, 11) is 0. The van der Waals surface area contributed by atoms with Crippen molar-refractivity contribution >= 4 is 11.6 Å². The van der Waals surface area contributed by atoms with Crippen LogP contribution in [0.15, 0.2) is 53.6 Å². The lowest BCUT2D eigenvalue weighted by Crippen LogP contribution is -2.58. The van der Waals surface area contributed by atoms with Crippen LogP contribution in [0.5, 0.6) is 0 Å². The van der Waals surface area contributed by atoms with Gasteiger partial charge >= 0.3 is 0 Å². The topological polar surface area (TPSA) is 96.3 Å². The molecule has 1 saturated heterocycles. The molecule has 9 heteroatoms. The van der Waals surface area contributed by atoms with Gasteiger partial charge in [0, 0.05) is 42.5 Å². The average Bonchev–Trinajstić information content (AvgIpc) is 3.57. The number of aromatic amines is 1. The molecule has 0 radical (unpaired) electrons. The number of nitrogens with zero attached hydrogens (tertiary/aromatic N) is 5. The molecule has 190 valence electrons. The maximum Gasteiger partial charge on any atom is 0.273 e. The Labute approximate surface area is 213 Å². The van der Waals surface area contributed by atoms with Gasteiger partial charge in [0.25, 0.3) is 11.5 Å². The number of H-pyrrole nitrogens is 1. The normalized spacial score (nSPS) is 19.9. The first kappa shape index (κ1) is 23.5. The number of likely N-dealkylation sites (tertiary alicyclic amines) is 1. The number of rotatable bonds is 6. The number of alkyl halides is 1. The van der Waals surface area contributed by atoms with Gasteiger partial charge < -0.3 is 4.90 Å². The zero-order valence-corrected chi connectivity index (χ0v) is 20.7. The SMILES string of the molecule is C[C@H]1[C@@H](CF)CN1C(=O)c1c(-c2ncccn2)[nH]n2c(=O)cc(-c3ccc(CC4CCCC4)cc3)nc12. The van der Waals surface area contributed by atoms with Crippen molar-refractivity contribution in [2.75, 3.05) is 13.2 Å². The first-order valence-electron chi connectivity index (χ1n) is 12.9. The summed E-state index contributed by atoms with van der Waals surface area (Å²) in [5, 5.41) is 3.00. The summed E-state index contributed by atoms with van der Waals surface area (Å²) >= 11 is 0. The van der Waals surface area contributed by atoms with Crippen LogP contribution in [0.25, 0.3) is 28.4 Å².